The first-order valence-corrected chi connectivity index (χ1v) is 12.3. The summed E-state index contributed by atoms with van der Waals surface area (Å²) >= 11 is 0. The Labute approximate surface area is 212 Å². The Morgan fingerprint density at radius 2 is 2.11 bits per heavy atom. The molecule has 192 valence electrons. The summed E-state index contributed by atoms with van der Waals surface area (Å²) < 4.78 is 5.11. The first-order chi connectivity index (χ1) is 17.3. The van der Waals surface area contributed by atoms with Crippen LogP contribution in [0, 0.1) is 22.0 Å². The molecule has 9 heteroatoms. The molecule has 2 aliphatic rings. The van der Waals surface area contributed by atoms with Gasteiger partial charge in [-0.1, -0.05) is 50.8 Å². The standard InChI is InChI=1S/C27H35N5O4/c1-5-20-12-13-24(32(34)35)25(29-23-17-22(23)16-18(3)27(33)36-6-2)30-26(20)31(15-14-28)19(4)21-10-8-7-9-11-21/h7-11,13-15,18,22-23H,4-6,12,16-17,28H2,1-3H3,(H,29,30)/b15-14-/t18-,22?,23?/m1/s1. The lowest BCUT2D eigenvalue weighted by molar-refractivity contribution is -0.415. The van der Waals surface area contributed by atoms with Crippen LogP contribution in [0.4, 0.5) is 0 Å². The molecule has 0 spiro atoms. The van der Waals surface area contributed by atoms with Crippen molar-refractivity contribution in [3.63, 3.8) is 0 Å². The molecule has 0 radical (unpaired) electrons. The van der Waals surface area contributed by atoms with Crippen molar-refractivity contribution in [2.24, 2.45) is 22.6 Å². The van der Waals surface area contributed by atoms with Gasteiger partial charge in [0, 0.05) is 24.2 Å². The van der Waals surface area contributed by atoms with Crippen LogP contribution in [0.5, 0.6) is 0 Å². The molecular weight excluding hydrogens is 458 g/mol. The Bertz CT molecular complexity index is 1110. The molecule has 3 rings (SSSR count). The van der Waals surface area contributed by atoms with E-state index >= 15 is 0 Å². The van der Waals surface area contributed by atoms with Gasteiger partial charge in [0.1, 0.15) is 5.82 Å². The number of nitro groups is 1. The number of amidine groups is 1. The number of nitrogens with zero attached hydrogens (tertiary/aromatic N) is 3. The Balaban J connectivity index is 1.91. The molecule has 0 amide bonds. The van der Waals surface area contributed by atoms with E-state index in [0.717, 1.165) is 17.6 Å². The van der Waals surface area contributed by atoms with Gasteiger partial charge in [0.2, 0.25) is 5.84 Å². The summed E-state index contributed by atoms with van der Waals surface area (Å²) in [4.78, 5) is 30.1. The number of esters is 1. The third-order valence-corrected chi connectivity index (χ3v) is 6.38. The highest BCUT2D eigenvalue weighted by atomic mass is 16.6. The molecule has 9 nitrogen and oxygen atoms in total. The molecule has 36 heavy (non-hydrogen) atoms. The highest BCUT2D eigenvalue weighted by Gasteiger charge is 2.41. The predicted octanol–water partition coefficient (Wildman–Crippen LogP) is 4.54. The second-order valence-corrected chi connectivity index (χ2v) is 8.94. The van der Waals surface area contributed by atoms with Crippen LogP contribution < -0.4 is 11.1 Å². The minimum absolute atomic E-state index is 0.0676. The van der Waals surface area contributed by atoms with Gasteiger partial charge >= 0.3 is 11.7 Å². The Morgan fingerprint density at radius 3 is 2.72 bits per heavy atom. The lowest BCUT2D eigenvalue weighted by atomic mass is 10.0. The zero-order chi connectivity index (χ0) is 26.2. The van der Waals surface area contributed by atoms with E-state index in [4.69, 9.17) is 15.5 Å². The summed E-state index contributed by atoms with van der Waals surface area (Å²) in [6.07, 6.45) is 7.15. The van der Waals surface area contributed by atoms with Gasteiger partial charge in [0.15, 0.2) is 0 Å². The number of nitrogens with two attached hydrogens (primary N) is 1. The highest BCUT2D eigenvalue weighted by molar-refractivity contribution is 5.98. The van der Waals surface area contributed by atoms with Crippen molar-refractivity contribution < 1.29 is 14.5 Å². The summed E-state index contributed by atoms with van der Waals surface area (Å²) in [7, 11) is 0. The van der Waals surface area contributed by atoms with Gasteiger partial charge < -0.3 is 20.7 Å². The zero-order valence-corrected chi connectivity index (χ0v) is 21.1. The lowest BCUT2D eigenvalue weighted by Crippen LogP contribution is -2.35. The number of carbonyl (C=O) groups excluding carboxylic acids is 1. The maximum Gasteiger partial charge on any atom is 0.308 e. The quantitative estimate of drug-likeness (QED) is 0.263. The largest absolute Gasteiger partial charge is 0.466 e. The average Bonchev–Trinajstić information content (AvgIpc) is 3.63. The van der Waals surface area contributed by atoms with E-state index in [0.29, 0.717) is 37.4 Å². The van der Waals surface area contributed by atoms with Crippen LogP contribution in [0.3, 0.4) is 0 Å². The molecule has 0 aromatic heterocycles. The highest BCUT2D eigenvalue weighted by Crippen LogP contribution is 2.40. The van der Waals surface area contributed by atoms with Crippen molar-refractivity contribution in [1.29, 1.82) is 0 Å². The van der Waals surface area contributed by atoms with E-state index in [9.17, 15) is 14.9 Å². The third kappa shape index (κ3) is 6.41. The van der Waals surface area contributed by atoms with Gasteiger partial charge in [-0.25, -0.2) is 0 Å². The molecule has 1 saturated carbocycles. The van der Waals surface area contributed by atoms with Crippen LogP contribution in [0.1, 0.15) is 52.0 Å². The number of allylic oxidation sites excluding steroid dienone is 2. The molecule has 3 N–H and O–H groups in total. The lowest BCUT2D eigenvalue weighted by Gasteiger charge is -2.28. The van der Waals surface area contributed by atoms with Crippen LogP contribution in [0.15, 0.2) is 77.5 Å². The number of carbonyl (C=O) groups is 1. The van der Waals surface area contributed by atoms with Gasteiger partial charge in [-0.3, -0.25) is 19.9 Å². The van der Waals surface area contributed by atoms with Gasteiger partial charge in [-0.2, -0.15) is 0 Å². The van der Waals surface area contributed by atoms with Crippen molar-refractivity contribution in [2.75, 3.05) is 6.61 Å². The maximum atomic E-state index is 12.0. The molecule has 1 aliphatic carbocycles. The first kappa shape index (κ1) is 26.7. The Hall–Kier alpha value is -3.88. The molecule has 1 aromatic rings. The van der Waals surface area contributed by atoms with Gasteiger partial charge in [0.05, 0.1) is 23.5 Å². The van der Waals surface area contributed by atoms with Crippen molar-refractivity contribution in [3.05, 3.63) is 88.2 Å². The molecular formula is C27H35N5O4. The van der Waals surface area contributed by atoms with E-state index in [1.165, 1.54) is 6.20 Å². The predicted molar refractivity (Wildman–Crippen MR) is 141 cm³/mol. The Kier molecular flexibility index (Phi) is 9.05. The molecule has 1 aromatic carbocycles. The SMILES string of the molecule is C=C(c1ccccc1)N(/C=C\N)C1=C(CC)CC=C([N+](=O)[O-])C(=NC2CC2C[C@@H](C)C(=O)OCC)N1. The second kappa shape index (κ2) is 12.2. The van der Waals surface area contributed by atoms with Crippen molar-refractivity contribution in [2.45, 2.75) is 52.5 Å². The second-order valence-electron chi connectivity index (χ2n) is 8.94. The van der Waals surface area contributed by atoms with Gasteiger partial charge in [-0.05, 0) is 49.7 Å². The molecule has 1 heterocycles. The number of rotatable bonds is 11. The minimum Gasteiger partial charge on any atom is -0.466 e. The number of aliphatic imine (C=N–C) groups is 1. The van der Waals surface area contributed by atoms with Crippen LogP contribution >= 0.6 is 0 Å². The topological polar surface area (TPSA) is 123 Å². The zero-order valence-electron chi connectivity index (χ0n) is 21.1. The fourth-order valence-corrected chi connectivity index (χ4v) is 4.28. The monoisotopic (exact) mass is 493 g/mol. The van der Waals surface area contributed by atoms with Crippen molar-refractivity contribution in [3.8, 4) is 0 Å². The first-order valence-electron chi connectivity index (χ1n) is 12.3. The third-order valence-electron chi connectivity index (χ3n) is 6.38. The molecule has 0 saturated heterocycles. The fraction of sp³-hybridized carbons (Fsp3) is 0.407. The number of hydrogen-bond acceptors (Lipinski definition) is 7. The number of ether oxygens (including phenoxy) is 1. The number of hydrogen-bond donors (Lipinski definition) is 2. The van der Waals surface area contributed by atoms with Crippen LogP contribution in [0.25, 0.3) is 5.70 Å². The average molecular weight is 494 g/mol. The molecule has 1 aliphatic heterocycles. The van der Waals surface area contributed by atoms with E-state index in [1.54, 1.807) is 19.2 Å². The smallest absolute Gasteiger partial charge is 0.308 e. The normalized spacial score (nSPS) is 21.4. The van der Waals surface area contributed by atoms with Crippen LogP contribution in [0.2, 0.25) is 0 Å². The Morgan fingerprint density at radius 1 is 1.39 bits per heavy atom. The summed E-state index contributed by atoms with van der Waals surface area (Å²) in [5.74, 6) is 0.556. The maximum absolute atomic E-state index is 12.0. The minimum atomic E-state index is -0.407. The molecule has 2 unspecified atom stereocenters. The van der Waals surface area contributed by atoms with E-state index in [2.05, 4.69) is 11.9 Å². The fourth-order valence-electron chi connectivity index (χ4n) is 4.28. The molecule has 1 fully saturated rings. The van der Waals surface area contributed by atoms with E-state index in [-0.39, 0.29) is 35.4 Å². The summed E-state index contributed by atoms with van der Waals surface area (Å²) in [5, 5.41) is 15.2. The molecule has 3 atom stereocenters. The number of nitrogens with one attached hydrogen (secondary N) is 1. The van der Waals surface area contributed by atoms with Crippen molar-refractivity contribution in [1.82, 2.24) is 10.2 Å². The molecule has 0 bridgehead atoms. The summed E-state index contributed by atoms with van der Waals surface area (Å²) in [5.41, 5.74) is 8.23. The number of benzene rings is 1. The van der Waals surface area contributed by atoms with E-state index in [1.807, 2.05) is 49.1 Å². The van der Waals surface area contributed by atoms with Gasteiger partial charge in [0.25, 0.3) is 0 Å². The van der Waals surface area contributed by atoms with Crippen molar-refractivity contribution >= 4 is 17.5 Å². The van der Waals surface area contributed by atoms with Crippen LogP contribution in [-0.2, 0) is 9.53 Å². The van der Waals surface area contributed by atoms with E-state index < -0.39 is 4.92 Å². The van der Waals surface area contributed by atoms with Crippen LogP contribution in [-0.4, -0.2) is 34.3 Å². The van der Waals surface area contributed by atoms with Gasteiger partial charge in [-0.15, -0.1) is 0 Å². The summed E-state index contributed by atoms with van der Waals surface area (Å²) in [6, 6.07) is 9.55. The summed E-state index contributed by atoms with van der Waals surface area (Å²) in [6.45, 7) is 10.2.